The first-order chi connectivity index (χ1) is 23.1. The molecule has 2 atom stereocenters. The number of ether oxygens (including phenoxy) is 2. The Balaban J connectivity index is 1.04. The van der Waals surface area contributed by atoms with Crippen molar-refractivity contribution < 1.29 is 19.4 Å². The second kappa shape index (κ2) is 12.4. The average Bonchev–Trinajstić information content (AvgIpc) is 3.67. The van der Waals surface area contributed by atoms with Gasteiger partial charge in [-0.15, -0.1) is 0 Å². The highest BCUT2D eigenvalue weighted by molar-refractivity contribution is 5.92. The number of nitrogens with one attached hydrogen (secondary N) is 1. The Bertz CT molecular complexity index is 2030. The van der Waals surface area contributed by atoms with Crippen molar-refractivity contribution in [2.24, 2.45) is 0 Å². The van der Waals surface area contributed by atoms with Gasteiger partial charge in [-0.3, -0.25) is 9.36 Å². The molecule has 4 aromatic carbocycles. The van der Waals surface area contributed by atoms with E-state index in [1.165, 1.54) is 27.8 Å². The summed E-state index contributed by atoms with van der Waals surface area (Å²) >= 11 is 0. The van der Waals surface area contributed by atoms with Crippen molar-refractivity contribution in [2.75, 3.05) is 13.1 Å². The summed E-state index contributed by atoms with van der Waals surface area (Å²) in [4.78, 5) is 31.7. The van der Waals surface area contributed by atoms with Crippen molar-refractivity contribution in [1.82, 2.24) is 14.5 Å². The molecule has 1 aliphatic carbocycles. The van der Waals surface area contributed by atoms with E-state index in [4.69, 9.17) is 9.47 Å². The molecular weight excluding hydrogens is 590 g/mol. The molecule has 1 saturated heterocycles. The summed E-state index contributed by atoms with van der Waals surface area (Å²) in [5.41, 5.74) is 9.76. The Morgan fingerprint density at radius 3 is 2.47 bits per heavy atom. The van der Waals surface area contributed by atoms with E-state index in [2.05, 4.69) is 47.4 Å². The highest BCUT2D eigenvalue weighted by Gasteiger charge is 2.35. The Hall–Kier alpha value is -4.92. The number of amides is 1. The minimum atomic E-state index is -0.608. The molecule has 0 spiro atoms. The van der Waals surface area contributed by atoms with Gasteiger partial charge in [0.05, 0.1) is 24.2 Å². The van der Waals surface area contributed by atoms with Crippen LogP contribution in [0.25, 0.3) is 22.2 Å². The number of imidazole rings is 1. The summed E-state index contributed by atoms with van der Waals surface area (Å²) < 4.78 is 14.5. The number of aromatic amines is 1. The van der Waals surface area contributed by atoms with Crippen LogP contribution >= 0.6 is 0 Å². The van der Waals surface area contributed by atoms with Gasteiger partial charge in [0.1, 0.15) is 0 Å². The van der Waals surface area contributed by atoms with Crippen LogP contribution in [0.3, 0.4) is 0 Å². The van der Waals surface area contributed by atoms with Gasteiger partial charge in [-0.25, -0.2) is 4.79 Å². The molecule has 1 fully saturated rings. The molecule has 0 bridgehead atoms. The zero-order valence-corrected chi connectivity index (χ0v) is 26.1. The molecule has 8 heteroatoms. The fourth-order valence-corrected chi connectivity index (χ4v) is 7.51. The molecule has 3 aliphatic rings. The molecule has 5 aromatic rings. The first-order valence-corrected chi connectivity index (χ1v) is 16.4. The van der Waals surface area contributed by atoms with Crippen molar-refractivity contribution in [3.63, 3.8) is 0 Å². The molecule has 0 unspecified atom stereocenters. The van der Waals surface area contributed by atoms with Crippen molar-refractivity contribution in [1.29, 1.82) is 0 Å². The zero-order chi connectivity index (χ0) is 31.9. The lowest BCUT2D eigenvalue weighted by molar-refractivity contribution is -0.156. The number of hydrogen-bond donors (Lipinski definition) is 2. The van der Waals surface area contributed by atoms with Crippen LogP contribution < -0.4 is 5.69 Å². The third-order valence-electron chi connectivity index (χ3n) is 9.94. The normalized spacial score (nSPS) is 19.3. The lowest BCUT2D eigenvalue weighted by Gasteiger charge is -2.35. The number of rotatable bonds is 7. The van der Waals surface area contributed by atoms with Crippen molar-refractivity contribution in [3.05, 3.63) is 141 Å². The maximum absolute atomic E-state index is 14.1. The number of fused-ring (bicyclic) bond motifs is 4. The number of carbonyl (C=O) groups is 1. The molecule has 47 heavy (non-hydrogen) atoms. The number of hydrogen-bond acceptors (Lipinski definition) is 5. The van der Waals surface area contributed by atoms with E-state index >= 15 is 0 Å². The lowest BCUT2D eigenvalue weighted by atomic mass is 9.87. The average molecular weight is 628 g/mol. The van der Waals surface area contributed by atoms with Crippen LogP contribution in [0.15, 0.2) is 108 Å². The highest BCUT2D eigenvalue weighted by Crippen LogP contribution is 2.43. The van der Waals surface area contributed by atoms with Gasteiger partial charge in [0, 0.05) is 31.5 Å². The number of aliphatic hydroxyl groups is 1. The van der Waals surface area contributed by atoms with Gasteiger partial charge in [-0.2, -0.15) is 0 Å². The van der Waals surface area contributed by atoms with Gasteiger partial charge in [-0.1, -0.05) is 78.9 Å². The number of para-hydroxylation sites is 2. The van der Waals surface area contributed by atoms with Crippen LogP contribution in [-0.4, -0.2) is 44.8 Å². The SMILES string of the molecule is O=C(C1=C[C@H](c2cccc3c2Cc2ccccc2-3)C[C@H](OCc2ccc(CO)cc2)O1)N1CCC(n2c(=O)[nH]c3ccccc32)CC1. The largest absolute Gasteiger partial charge is 0.459 e. The van der Waals surface area contributed by atoms with Crippen LogP contribution in [0.4, 0.5) is 0 Å². The van der Waals surface area contributed by atoms with Gasteiger partial charge in [0.15, 0.2) is 5.76 Å². The summed E-state index contributed by atoms with van der Waals surface area (Å²) in [6, 6.07) is 30.4. The predicted octanol–water partition coefficient (Wildman–Crippen LogP) is 6.19. The van der Waals surface area contributed by atoms with Gasteiger partial charge < -0.3 is 24.5 Å². The molecule has 238 valence electrons. The van der Waals surface area contributed by atoms with Crippen LogP contribution in [0.1, 0.15) is 59.0 Å². The van der Waals surface area contributed by atoms with Crippen LogP contribution in [-0.2, 0) is 33.9 Å². The van der Waals surface area contributed by atoms with E-state index in [1.807, 2.05) is 64.1 Å². The molecule has 8 nitrogen and oxygen atoms in total. The number of aliphatic hydroxyl groups excluding tert-OH is 1. The fourth-order valence-electron chi connectivity index (χ4n) is 7.51. The number of H-pyrrole nitrogens is 1. The van der Waals surface area contributed by atoms with Gasteiger partial charge in [-0.05, 0) is 76.4 Å². The number of likely N-dealkylation sites (tertiary alicyclic amines) is 1. The highest BCUT2D eigenvalue weighted by atomic mass is 16.7. The number of nitrogens with zero attached hydrogens (tertiary/aromatic N) is 2. The summed E-state index contributed by atoms with van der Waals surface area (Å²) in [7, 11) is 0. The number of aromatic nitrogens is 2. The molecular formula is C39H37N3O5. The standard InChI is InChI=1S/C39H37N3O5/c43-23-25-12-14-26(15-13-25)24-46-37-22-28(31-8-5-9-32-30-7-2-1-6-27(30)20-33(31)32)21-36(47-37)38(44)41-18-16-29(17-19-41)42-35-11-4-3-10-34(35)40-39(42)45/h1-15,21,28-29,37,43H,16-20,22-24H2,(H,40,45)/t28-,37+/m0/s1. The van der Waals surface area contributed by atoms with E-state index in [9.17, 15) is 14.7 Å². The summed E-state index contributed by atoms with van der Waals surface area (Å²) in [5.74, 6) is 0.116. The van der Waals surface area contributed by atoms with E-state index in [1.54, 1.807) is 0 Å². The molecule has 2 N–H and O–H groups in total. The summed E-state index contributed by atoms with van der Waals surface area (Å²) in [5, 5.41) is 9.42. The number of benzene rings is 4. The van der Waals surface area contributed by atoms with Crippen LogP contribution in [0.2, 0.25) is 0 Å². The van der Waals surface area contributed by atoms with E-state index in [0.29, 0.717) is 44.7 Å². The second-order valence-electron chi connectivity index (χ2n) is 12.8. The first-order valence-electron chi connectivity index (χ1n) is 16.4. The minimum Gasteiger partial charge on any atom is -0.459 e. The molecule has 2 aliphatic heterocycles. The molecule has 1 aromatic heterocycles. The first kappa shape index (κ1) is 29.5. The smallest absolute Gasteiger partial charge is 0.326 e. The van der Waals surface area contributed by atoms with Crippen molar-refractivity contribution >= 4 is 16.9 Å². The summed E-state index contributed by atoms with van der Waals surface area (Å²) in [6.45, 7) is 1.37. The maximum atomic E-state index is 14.1. The van der Waals surface area contributed by atoms with Gasteiger partial charge in [0.2, 0.25) is 6.29 Å². The quantitative estimate of drug-likeness (QED) is 0.220. The molecule has 0 saturated carbocycles. The van der Waals surface area contributed by atoms with E-state index in [-0.39, 0.29) is 30.2 Å². The van der Waals surface area contributed by atoms with Crippen LogP contribution in [0.5, 0.6) is 0 Å². The third kappa shape index (κ3) is 5.58. The van der Waals surface area contributed by atoms with Gasteiger partial charge in [0.25, 0.3) is 5.91 Å². The number of allylic oxidation sites excluding steroid dienone is 1. The predicted molar refractivity (Wildman–Crippen MR) is 180 cm³/mol. The van der Waals surface area contributed by atoms with Gasteiger partial charge >= 0.3 is 5.69 Å². The third-order valence-corrected chi connectivity index (χ3v) is 9.94. The monoisotopic (exact) mass is 627 g/mol. The molecule has 3 heterocycles. The second-order valence-corrected chi connectivity index (χ2v) is 12.8. The lowest BCUT2D eigenvalue weighted by Crippen LogP contribution is -2.42. The Labute approximate surface area is 272 Å². The maximum Gasteiger partial charge on any atom is 0.326 e. The van der Waals surface area contributed by atoms with Crippen molar-refractivity contribution in [3.8, 4) is 11.1 Å². The van der Waals surface area contributed by atoms with Crippen molar-refractivity contribution in [2.45, 2.75) is 57.1 Å². The molecule has 0 radical (unpaired) electrons. The zero-order valence-electron chi connectivity index (χ0n) is 26.1. The Kier molecular flexibility index (Phi) is 7.75. The minimum absolute atomic E-state index is 0.00808. The summed E-state index contributed by atoms with van der Waals surface area (Å²) in [6.07, 6.45) is 4.19. The van der Waals surface area contributed by atoms with E-state index in [0.717, 1.165) is 28.6 Å². The Morgan fingerprint density at radius 1 is 0.894 bits per heavy atom. The number of carbonyl (C=O) groups excluding carboxylic acids is 1. The topological polar surface area (TPSA) is 96.8 Å². The Morgan fingerprint density at radius 2 is 1.64 bits per heavy atom. The number of piperidine rings is 1. The molecule has 8 rings (SSSR count). The van der Waals surface area contributed by atoms with Crippen LogP contribution in [0, 0.1) is 0 Å². The van der Waals surface area contributed by atoms with E-state index < -0.39 is 6.29 Å². The molecule has 1 amide bonds. The fraction of sp³-hybridized carbons (Fsp3) is 0.282.